The van der Waals surface area contributed by atoms with Gasteiger partial charge in [-0.25, -0.2) is 14.6 Å². The first-order chi connectivity index (χ1) is 16.1. The number of nitrogens with zero attached hydrogens (tertiary/aromatic N) is 1. The van der Waals surface area contributed by atoms with Gasteiger partial charge in [-0.1, -0.05) is 89.4 Å². The maximum Gasteiger partial charge on any atom is 0.346 e. The number of carbonyl (C=O) groups excluding carboxylic acids is 1. The Morgan fingerprint density at radius 1 is 0.818 bits per heavy atom. The van der Waals surface area contributed by atoms with Crippen LogP contribution in [0.1, 0.15) is 123 Å². The Morgan fingerprint density at radius 2 is 1.33 bits per heavy atom. The van der Waals surface area contributed by atoms with Crippen molar-refractivity contribution in [2.75, 3.05) is 0 Å². The van der Waals surface area contributed by atoms with Crippen LogP contribution in [0.2, 0.25) is 0 Å². The molecule has 0 unspecified atom stereocenters. The summed E-state index contributed by atoms with van der Waals surface area (Å²) < 4.78 is 5.34. The fraction of sp³-hybridized carbons (Fsp3) is 0.593. The second-order valence-corrected chi connectivity index (χ2v) is 9.55. The van der Waals surface area contributed by atoms with Gasteiger partial charge in [0.15, 0.2) is 0 Å². The number of hydrogen-bond acceptors (Lipinski definition) is 5. The molecule has 33 heavy (non-hydrogen) atoms. The van der Waals surface area contributed by atoms with Crippen LogP contribution in [0.5, 0.6) is 5.19 Å². The predicted octanol–water partition coefficient (Wildman–Crippen LogP) is 7.87. The zero-order valence-corrected chi connectivity index (χ0v) is 21.1. The van der Waals surface area contributed by atoms with E-state index < -0.39 is 11.9 Å². The molecule has 0 atom stereocenters. The van der Waals surface area contributed by atoms with Gasteiger partial charge in [0, 0.05) is 11.6 Å². The third-order valence-electron chi connectivity index (χ3n) is 5.98. The van der Waals surface area contributed by atoms with Crippen LogP contribution in [0.3, 0.4) is 0 Å². The quantitative estimate of drug-likeness (QED) is 0.187. The lowest BCUT2D eigenvalue weighted by molar-refractivity contribution is 0.0667. The first-order valence-corrected chi connectivity index (χ1v) is 13.5. The summed E-state index contributed by atoms with van der Waals surface area (Å²) in [6.45, 7) is 4.42. The highest BCUT2D eigenvalue weighted by molar-refractivity contribution is 7.11. The number of unbranched alkanes of at least 4 members (excludes halogenated alkanes) is 10. The summed E-state index contributed by atoms with van der Waals surface area (Å²) in [6, 6.07) is 3.47. The van der Waals surface area contributed by atoms with Crippen LogP contribution in [0, 0.1) is 0 Å². The summed E-state index contributed by atoms with van der Waals surface area (Å²) in [7, 11) is 0. The van der Waals surface area contributed by atoms with E-state index in [-0.39, 0.29) is 16.3 Å². The van der Waals surface area contributed by atoms with E-state index in [0.717, 1.165) is 49.7 Å². The first-order valence-electron chi connectivity index (χ1n) is 12.6. The van der Waals surface area contributed by atoms with Gasteiger partial charge in [0.05, 0.1) is 11.1 Å². The van der Waals surface area contributed by atoms with Crippen LogP contribution >= 0.6 is 11.3 Å². The summed E-state index contributed by atoms with van der Waals surface area (Å²) in [5.74, 6) is -1.76. The minimum Gasteiger partial charge on any atom is -0.478 e. The van der Waals surface area contributed by atoms with Gasteiger partial charge in [-0.2, -0.15) is 0 Å². The molecule has 0 bridgehead atoms. The lowest BCUT2D eigenvalue weighted by atomic mass is 9.91. The van der Waals surface area contributed by atoms with Crippen LogP contribution < -0.4 is 4.74 Å². The number of esters is 1. The molecule has 0 aliphatic rings. The molecule has 0 radical (unpaired) electrons. The third-order valence-corrected chi connectivity index (χ3v) is 6.63. The smallest absolute Gasteiger partial charge is 0.346 e. The van der Waals surface area contributed by atoms with Gasteiger partial charge < -0.3 is 9.84 Å². The molecule has 1 N–H and O–H groups in total. The van der Waals surface area contributed by atoms with E-state index in [0.29, 0.717) is 0 Å². The number of aromatic nitrogens is 1. The largest absolute Gasteiger partial charge is 0.478 e. The molecule has 0 saturated carbocycles. The topological polar surface area (TPSA) is 76.5 Å². The summed E-state index contributed by atoms with van der Waals surface area (Å²) in [5, 5.41) is 11.7. The van der Waals surface area contributed by atoms with Crippen molar-refractivity contribution in [3.63, 3.8) is 0 Å². The highest BCUT2D eigenvalue weighted by atomic mass is 32.1. The van der Waals surface area contributed by atoms with Crippen molar-refractivity contribution in [3.05, 3.63) is 46.0 Å². The number of aryl methyl sites for hydroxylation is 2. The van der Waals surface area contributed by atoms with Crippen molar-refractivity contribution in [3.8, 4) is 5.19 Å². The predicted molar refractivity (Wildman–Crippen MR) is 135 cm³/mol. The minimum absolute atomic E-state index is 0.0178. The van der Waals surface area contributed by atoms with E-state index in [1.54, 1.807) is 23.7 Å². The minimum atomic E-state index is -1.10. The Bertz CT molecular complexity index is 848. The average Bonchev–Trinajstić information content (AvgIpc) is 3.31. The summed E-state index contributed by atoms with van der Waals surface area (Å²) in [4.78, 5) is 28.8. The molecule has 0 spiro atoms. The van der Waals surface area contributed by atoms with Crippen molar-refractivity contribution >= 4 is 23.3 Å². The average molecular weight is 474 g/mol. The van der Waals surface area contributed by atoms with E-state index in [1.165, 1.54) is 62.7 Å². The fourth-order valence-electron chi connectivity index (χ4n) is 4.09. The normalized spacial score (nSPS) is 11.0. The molecule has 2 aromatic rings. The number of rotatable bonds is 17. The van der Waals surface area contributed by atoms with E-state index in [4.69, 9.17) is 4.74 Å². The lowest BCUT2D eigenvalue weighted by Gasteiger charge is -2.14. The number of benzene rings is 1. The Labute approximate surface area is 202 Å². The molecule has 1 aromatic heterocycles. The molecule has 2 rings (SSSR count). The van der Waals surface area contributed by atoms with Gasteiger partial charge in [-0.3, -0.25) is 0 Å². The van der Waals surface area contributed by atoms with Crippen LogP contribution in [0.4, 0.5) is 0 Å². The van der Waals surface area contributed by atoms with Gasteiger partial charge in [0.25, 0.3) is 5.19 Å². The fourth-order valence-corrected chi connectivity index (χ4v) is 4.57. The Hall–Kier alpha value is -2.21. The van der Waals surface area contributed by atoms with Crippen LogP contribution in [-0.4, -0.2) is 22.0 Å². The number of carboxylic acid groups (broad SMARTS) is 1. The van der Waals surface area contributed by atoms with Crippen LogP contribution in [0.15, 0.2) is 23.7 Å². The molecular weight excluding hydrogens is 434 g/mol. The van der Waals surface area contributed by atoms with E-state index >= 15 is 0 Å². The summed E-state index contributed by atoms with van der Waals surface area (Å²) >= 11 is 1.21. The Kier molecular flexibility index (Phi) is 12.8. The van der Waals surface area contributed by atoms with Crippen molar-refractivity contribution in [1.29, 1.82) is 0 Å². The monoisotopic (exact) mass is 473 g/mol. The molecule has 0 amide bonds. The number of carbonyl (C=O) groups is 2. The van der Waals surface area contributed by atoms with Gasteiger partial charge in [0.2, 0.25) is 0 Å². The SMILES string of the molecule is CCCCCCCCc1cc(C(=O)O)c(C(=O)Oc2nccs2)cc1CCCCCCCC. The van der Waals surface area contributed by atoms with Crippen molar-refractivity contribution in [2.45, 2.75) is 104 Å². The van der Waals surface area contributed by atoms with Gasteiger partial charge in [0.1, 0.15) is 0 Å². The number of carboxylic acids is 1. The van der Waals surface area contributed by atoms with E-state index in [1.807, 2.05) is 0 Å². The zero-order valence-electron chi connectivity index (χ0n) is 20.2. The van der Waals surface area contributed by atoms with E-state index in [2.05, 4.69) is 18.8 Å². The molecule has 0 aliphatic heterocycles. The third kappa shape index (κ3) is 9.66. The highest BCUT2D eigenvalue weighted by Gasteiger charge is 2.22. The maximum atomic E-state index is 12.8. The molecule has 0 fully saturated rings. The first kappa shape index (κ1) is 27.0. The van der Waals surface area contributed by atoms with Crippen LogP contribution in [0.25, 0.3) is 0 Å². The number of aromatic carboxylic acids is 1. The summed E-state index contributed by atoms with van der Waals surface area (Å²) in [5.41, 5.74) is 2.27. The molecule has 0 aliphatic carbocycles. The Morgan fingerprint density at radius 3 is 1.82 bits per heavy atom. The molecular formula is C27H39NO4S. The molecule has 182 valence electrons. The van der Waals surface area contributed by atoms with Gasteiger partial charge >= 0.3 is 11.9 Å². The summed E-state index contributed by atoms with van der Waals surface area (Å²) in [6.07, 6.45) is 17.6. The zero-order chi connectivity index (χ0) is 23.9. The van der Waals surface area contributed by atoms with E-state index in [9.17, 15) is 14.7 Å². The number of thiazole rings is 1. The molecule has 1 aromatic carbocycles. The second-order valence-electron chi connectivity index (χ2n) is 8.69. The molecule has 0 saturated heterocycles. The van der Waals surface area contributed by atoms with Crippen molar-refractivity contribution < 1.29 is 19.4 Å². The van der Waals surface area contributed by atoms with Crippen LogP contribution in [-0.2, 0) is 12.8 Å². The standard InChI is InChI=1S/C27H39NO4S/c1-3-5-7-9-11-13-15-21-19-23(25(29)30)24(26(31)32-27-28-17-18-33-27)20-22(21)16-14-12-10-8-6-4-2/h17-20H,3-16H2,1-2H3,(H,29,30). The number of hydrogen-bond donors (Lipinski definition) is 1. The van der Waals surface area contributed by atoms with Gasteiger partial charge in [-0.15, -0.1) is 0 Å². The maximum absolute atomic E-state index is 12.8. The van der Waals surface area contributed by atoms with Crippen molar-refractivity contribution in [1.82, 2.24) is 4.98 Å². The molecule has 1 heterocycles. The number of ether oxygens (including phenoxy) is 1. The highest BCUT2D eigenvalue weighted by Crippen LogP contribution is 2.25. The Balaban J connectivity index is 2.16. The van der Waals surface area contributed by atoms with Crippen molar-refractivity contribution in [2.24, 2.45) is 0 Å². The molecule has 5 nitrogen and oxygen atoms in total. The second kappa shape index (κ2) is 15.6. The van der Waals surface area contributed by atoms with Gasteiger partial charge in [-0.05, 0) is 48.9 Å². The molecule has 6 heteroatoms. The lowest BCUT2D eigenvalue weighted by Crippen LogP contribution is -2.16.